The van der Waals surface area contributed by atoms with Crippen molar-refractivity contribution >= 4 is 5.97 Å². The van der Waals surface area contributed by atoms with E-state index in [4.69, 9.17) is 47.4 Å². The summed E-state index contributed by atoms with van der Waals surface area (Å²) in [4.78, 5) is 14.3. The van der Waals surface area contributed by atoms with E-state index >= 15 is 0 Å². The number of esters is 1. The summed E-state index contributed by atoms with van der Waals surface area (Å²) in [5.74, 6) is -2.56. The third-order valence-corrected chi connectivity index (χ3v) is 14.5. The van der Waals surface area contributed by atoms with Crippen molar-refractivity contribution in [1.82, 2.24) is 0 Å². The Hall–Kier alpha value is -2.31. The van der Waals surface area contributed by atoms with Gasteiger partial charge < -0.3 is 62.7 Å². The van der Waals surface area contributed by atoms with Crippen molar-refractivity contribution in [1.29, 1.82) is 0 Å². The molecule has 6 heterocycles. The zero-order valence-corrected chi connectivity index (χ0v) is 38.2. The largest absolute Gasteiger partial charge is 0.462 e. The van der Waals surface area contributed by atoms with Gasteiger partial charge in [0, 0.05) is 51.7 Å². The van der Waals surface area contributed by atoms with E-state index in [1.165, 1.54) is 0 Å². The summed E-state index contributed by atoms with van der Waals surface area (Å²) in [5, 5.41) is 34.2. The van der Waals surface area contributed by atoms with Crippen molar-refractivity contribution in [2.45, 2.75) is 191 Å². The minimum atomic E-state index is -1.84. The molecule has 20 atom stereocenters. The van der Waals surface area contributed by atoms with Crippen LogP contribution in [0.15, 0.2) is 59.3 Å². The van der Waals surface area contributed by atoms with Crippen LogP contribution >= 0.6 is 0 Å². The minimum absolute atomic E-state index is 0.0317. The van der Waals surface area contributed by atoms with Gasteiger partial charge in [-0.15, -0.1) is 0 Å². The molecule has 1 aliphatic carbocycles. The number of methoxy groups -OCH3 is 2. The van der Waals surface area contributed by atoms with E-state index in [-0.39, 0.29) is 42.7 Å². The molecule has 0 aromatic carbocycles. The van der Waals surface area contributed by atoms with Gasteiger partial charge in [0.05, 0.1) is 49.3 Å². The molecule has 0 amide bonds. The first-order chi connectivity index (χ1) is 29.5. The number of fused-ring (bicyclic) bond motifs is 2. The van der Waals surface area contributed by atoms with Crippen molar-refractivity contribution < 1.29 is 67.5 Å². The standard InChI is InChI=1S/C48H72O14/c1-11-25(2)43-28(5)17-18-47(62-43)23-34-20-33(61-47)16-15-27(4)42(26(3)13-12-14-32-24-55-45-40(49)29(6)19-35(46(51)58-34)48(32,45)52)59-39-22-37(54-10)44(31(8)57-39)60-38-21-36(53-9)41(50)30(7)56-38/h12-15,17-19,25-26,28,30-31,33-45,49-50,52H,11,16,20-24H2,1-10H3/b13-12+,27-15+,32-14+/t25?,26-,28-,30-,31-,33+,34?,35-,36-,37-,38-,39-,40+,41-,42-,43?,44-,45+,47+,48+/m0/s1. The summed E-state index contributed by atoms with van der Waals surface area (Å²) in [6, 6.07) is 0. The zero-order valence-electron chi connectivity index (χ0n) is 38.2. The molecule has 14 heteroatoms. The molecule has 3 unspecified atom stereocenters. The molecule has 6 aliphatic heterocycles. The first-order valence-corrected chi connectivity index (χ1v) is 22.9. The van der Waals surface area contributed by atoms with Crippen LogP contribution in [0, 0.1) is 23.7 Å². The third-order valence-electron chi connectivity index (χ3n) is 14.5. The van der Waals surface area contributed by atoms with E-state index in [0.29, 0.717) is 43.3 Å². The molecule has 348 valence electrons. The molecule has 7 rings (SSSR count). The van der Waals surface area contributed by atoms with Gasteiger partial charge in [0.1, 0.15) is 42.0 Å². The Morgan fingerprint density at radius 3 is 2.32 bits per heavy atom. The molecule has 2 bridgehead atoms. The number of carbonyl (C=O) groups is 1. The molecule has 0 saturated carbocycles. The van der Waals surface area contributed by atoms with E-state index in [9.17, 15) is 20.1 Å². The van der Waals surface area contributed by atoms with E-state index in [1.54, 1.807) is 40.2 Å². The Labute approximate surface area is 367 Å². The van der Waals surface area contributed by atoms with Crippen LogP contribution in [0.1, 0.15) is 93.9 Å². The molecule has 4 fully saturated rings. The number of hydrogen-bond acceptors (Lipinski definition) is 14. The van der Waals surface area contributed by atoms with Crippen LogP contribution in [-0.4, -0.2) is 139 Å². The van der Waals surface area contributed by atoms with E-state index in [0.717, 1.165) is 12.0 Å². The van der Waals surface area contributed by atoms with Gasteiger partial charge in [-0.25, -0.2) is 0 Å². The Morgan fingerprint density at radius 2 is 1.60 bits per heavy atom. The van der Waals surface area contributed by atoms with Gasteiger partial charge in [-0.1, -0.05) is 70.6 Å². The van der Waals surface area contributed by atoms with Gasteiger partial charge in [-0.2, -0.15) is 0 Å². The monoisotopic (exact) mass is 872 g/mol. The minimum Gasteiger partial charge on any atom is -0.462 e. The Morgan fingerprint density at radius 1 is 0.887 bits per heavy atom. The number of allylic oxidation sites excluding steroid dienone is 2. The summed E-state index contributed by atoms with van der Waals surface area (Å²) in [7, 11) is 3.22. The molecule has 4 saturated heterocycles. The lowest BCUT2D eigenvalue weighted by Gasteiger charge is -2.48. The van der Waals surface area contributed by atoms with Crippen molar-refractivity contribution in [2.75, 3.05) is 20.8 Å². The Kier molecular flexibility index (Phi) is 15.1. The third kappa shape index (κ3) is 9.64. The maximum absolute atomic E-state index is 14.3. The fourth-order valence-corrected chi connectivity index (χ4v) is 10.6. The maximum atomic E-state index is 14.3. The van der Waals surface area contributed by atoms with E-state index in [1.807, 2.05) is 32.1 Å². The number of ether oxygens (including phenoxy) is 10. The smallest absolute Gasteiger partial charge is 0.316 e. The quantitative estimate of drug-likeness (QED) is 0.210. The highest BCUT2D eigenvalue weighted by Crippen LogP contribution is 2.47. The van der Waals surface area contributed by atoms with Crippen molar-refractivity contribution in [3.05, 3.63) is 59.3 Å². The number of carbonyl (C=O) groups excluding carboxylic acids is 1. The topological polar surface area (TPSA) is 170 Å². The number of aliphatic hydroxyl groups is 3. The van der Waals surface area contributed by atoms with Crippen molar-refractivity contribution in [3.63, 3.8) is 0 Å². The highest BCUT2D eigenvalue weighted by Gasteiger charge is 2.60. The lowest BCUT2D eigenvalue weighted by Crippen LogP contribution is -2.58. The molecule has 1 spiro atoms. The molecular weight excluding hydrogens is 801 g/mol. The van der Waals surface area contributed by atoms with Gasteiger partial charge >= 0.3 is 5.97 Å². The second-order valence-electron chi connectivity index (χ2n) is 19.0. The molecule has 0 aromatic rings. The molecule has 0 aromatic heterocycles. The van der Waals surface area contributed by atoms with Gasteiger partial charge in [0.2, 0.25) is 0 Å². The summed E-state index contributed by atoms with van der Waals surface area (Å²) in [5.41, 5.74) is 0.134. The molecular formula is C48H72O14. The first-order valence-electron chi connectivity index (χ1n) is 22.9. The number of rotatable bonds is 8. The van der Waals surface area contributed by atoms with Crippen LogP contribution in [-0.2, 0) is 52.2 Å². The summed E-state index contributed by atoms with van der Waals surface area (Å²) in [6.45, 7) is 16.1. The average Bonchev–Trinajstić information content (AvgIpc) is 3.58. The van der Waals surface area contributed by atoms with Crippen LogP contribution in [0.3, 0.4) is 0 Å². The van der Waals surface area contributed by atoms with Gasteiger partial charge in [-0.05, 0) is 62.8 Å². The molecule has 3 N–H and O–H groups in total. The lowest BCUT2D eigenvalue weighted by molar-refractivity contribution is -0.318. The van der Waals surface area contributed by atoms with Gasteiger partial charge in [0.25, 0.3) is 0 Å². The van der Waals surface area contributed by atoms with Crippen LogP contribution in [0.5, 0.6) is 0 Å². The summed E-state index contributed by atoms with van der Waals surface area (Å²) < 4.78 is 63.7. The Balaban J connectivity index is 1.18. The summed E-state index contributed by atoms with van der Waals surface area (Å²) in [6.07, 6.45) is 8.55. The molecule has 62 heavy (non-hydrogen) atoms. The fraction of sp³-hybridized carbons (Fsp3) is 0.771. The van der Waals surface area contributed by atoms with E-state index in [2.05, 4.69) is 39.8 Å². The first kappa shape index (κ1) is 47.6. The summed E-state index contributed by atoms with van der Waals surface area (Å²) >= 11 is 0. The average molecular weight is 873 g/mol. The van der Waals surface area contributed by atoms with Gasteiger partial charge in [-0.3, -0.25) is 4.79 Å². The fourth-order valence-electron chi connectivity index (χ4n) is 10.6. The predicted octanol–water partition coefficient (Wildman–Crippen LogP) is 5.38. The second kappa shape index (κ2) is 19.7. The zero-order chi connectivity index (χ0) is 44.7. The van der Waals surface area contributed by atoms with Crippen molar-refractivity contribution in [2.24, 2.45) is 23.7 Å². The SMILES string of the molecule is CCC(C)C1O[C@]2(C=C[C@@H]1C)CC1C[C@@H](C/C=C(\C)[C@@H](O[C@H]3C[C@H](OC)[C@@H](O[C@H]4C[C@H](OC)[C@@H](O)[C@H](C)O4)[C@H](C)O3)[C@@H](C)/C=C/C=C3\CO[C@@H]4[C@H](O)C(C)=C[C@@H](C(=O)O1)[C@]34O)O2. The predicted molar refractivity (Wildman–Crippen MR) is 227 cm³/mol. The van der Waals surface area contributed by atoms with Crippen LogP contribution in [0.25, 0.3) is 0 Å². The maximum Gasteiger partial charge on any atom is 0.316 e. The number of aliphatic hydroxyl groups excluding tert-OH is 2. The van der Waals surface area contributed by atoms with E-state index < -0.39 is 90.8 Å². The molecule has 0 radical (unpaired) electrons. The normalized spacial score (nSPS) is 49.1. The molecule has 7 aliphatic rings. The highest BCUT2D eigenvalue weighted by molar-refractivity contribution is 5.78. The Bertz CT molecular complexity index is 1730. The van der Waals surface area contributed by atoms with Crippen LogP contribution < -0.4 is 0 Å². The number of hydrogen-bond donors (Lipinski definition) is 3. The van der Waals surface area contributed by atoms with Crippen LogP contribution in [0.4, 0.5) is 0 Å². The van der Waals surface area contributed by atoms with Gasteiger partial charge in [0.15, 0.2) is 18.4 Å². The van der Waals surface area contributed by atoms with Crippen LogP contribution in [0.2, 0.25) is 0 Å². The molecule has 14 nitrogen and oxygen atoms in total. The lowest BCUT2D eigenvalue weighted by atomic mass is 9.71. The highest BCUT2D eigenvalue weighted by atomic mass is 16.7. The van der Waals surface area contributed by atoms with Crippen molar-refractivity contribution in [3.8, 4) is 0 Å². The second-order valence-corrected chi connectivity index (χ2v) is 19.0.